The Labute approximate surface area is 186 Å². The van der Waals surface area contributed by atoms with Gasteiger partial charge in [0, 0.05) is 41.5 Å². The molecule has 6 rings (SSSR count). The molecule has 3 fully saturated rings. The molecule has 2 bridgehead atoms. The number of ether oxygens (including phenoxy) is 1. The lowest BCUT2D eigenvalue weighted by molar-refractivity contribution is -0.105. The average molecular weight is 437 g/mol. The van der Waals surface area contributed by atoms with Crippen LogP contribution in [0.15, 0.2) is 48.8 Å². The van der Waals surface area contributed by atoms with Gasteiger partial charge in [0.05, 0.1) is 17.3 Å². The number of nitrogens with one attached hydrogen (secondary N) is 1. The lowest BCUT2D eigenvalue weighted by Gasteiger charge is -2.61. The van der Waals surface area contributed by atoms with Gasteiger partial charge in [-0.15, -0.1) is 0 Å². The van der Waals surface area contributed by atoms with Gasteiger partial charge in [-0.05, 0) is 57.0 Å². The van der Waals surface area contributed by atoms with Crippen molar-refractivity contribution < 1.29 is 9.53 Å². The first kappa shape index (κ1) is 20.2. The van der Waals surface area contributed by atoms with E-state index in [1.165, 1.54) is 0 Å². The number of benzene rings is 1. The molecule has 3 aromatic rings. The Bertz CT molecular complexity index is 1150. The molecule has 1 amide bonds. The van der Waals surface area contributed by atoms with Crippen LogP contribution in [0.3, 0.4) is 0 Å². The van der Waals surface area contributed by atoms with E-state index < -0.39 is 11.1 Å². The largest absolute Gasteiger partial charge is 0.444 e. The first-order valence-corrected chi connectivity index (χ1v) is 10.9. The Balaban J connectivity index is 1.50. The summed E-state index contributed by atoms with van der Waals surface area (Å²) in [5.41, 5.74) is 2.67. The van der Waals surface area contributed by atoms with Gasteiger partial charge in [0.2, 0.25) is 0 Å². The zero-order valence-corrected chi connectivity index (χ0v) is 18.6. The Morgan fingerprint density at radius 1 is 1.26 bits per heavy atom. The second-order valence-corrected chi connectivity index (χ2v) is 9.76. The summed E-state index contributed by atoms with van der Waals surface area (Å²) in [6.45, 7) is 7.12. The summed E-state index contributed by atoms with van der Waals surface area (Å²) in [5, 5.41) is 5.10. The molecule has 0 aliphatic carbocycles. The number of hydrogen-bond acceptors (Lipinski definition) is 5. The topological polar surface area (TPSA) is 67.3 Å². The number of hydrogen-bond donors (Lipinski definition) is 1. The smallest absolute Gasteiger partial charge is 0.411 e. The summed E-state index contributed by atoms with van der Waals surface area (Å²) in [7, 11) is 0. The standard InChI is InChI=1S/C24H25ClN4O2/c1-23(2,3)31-22(30)29-17-11-24(29,14-26-13-17)21-7-6-15(12-28-21)19-9-16(25)10-20-18(19)5-4-8-27-20/h4-10,12,17,26H,11,13-14H2,1-3H3. The number of carbonyl (C=O) groups excluding carboxylic acids is 1. The molecule has 160 valence electrons. The quantitative estimate of drug-likeness (QED) is 0.627. The SMILES string of the molecule is CC(C)(C)OC(=O)N1C2CNCC1(c1ccc(-c3cc(Cl)cc4ncccc34)cn1)C2. The van der Waals surface area contributed by atoms with Crippen LogP contribution >= 0.6 is 11.6 Å². The molecule has 6 nitrogen and oxygen atoms in total. The van der Waals surface area contributed by atoms with Crippen molar-refractivity contribution in [2.24, 2.45) is 0 Å². The molecule has 0 spiro atoms. The molecule has 5 heterocycles. The molecule has 31 heavy (non-hydrogen) atoms. The van der Waals surface area contributed by atoms with Crippen LogP contribution in [0.25, 0.3) is 22.0 Å². The van der Waals surface area contributed by atoms with E-state index in [0.29, 0.717) is 11.6 Å². The van der Waals surface area contributed by atoms with Crippen molar-refractivity contribution in [3.05, 3.63) is 59.5 Å². The fourth-order valence-electron chi connectivity index (χ4n) is 4.75. The lowest BCUT2D eigenvalue weighted by atomic mass is 9.72. The van der Waals surface area contributed by atoms with E-state index in [1.807, 2.05) is 68.3 Å². The summed E-state index contributed by atoms with van der Waals surface area (Å²) >= 11 is 6.34. The molecule has 2 aromatic heterocycles. The summed E-state index contributed by atoms with van der Waals surface area (Å²) in [4.78, 5) is 24.0. The second kappa shape index (κ2) is 7.18. The van der Waals surface area contributed by atoms with E-state index in [0.717, 1.165) is 40.7 Å². The molecule has 2 atom stereocenters. The lowest BCUT2D eigenvalue weighted by Crippen LogP contribution is -2.76. The predicted molar refractivity (Wildman–Crippen MR) is 121 cm³/mol. The summed E-state index contributed by atoms with van der Waals surface area (Å²) in [6, 6.07) is 11.9. The van der Waals surface area contributed by atoms with Crippen molar-refractivity contribution in [2.75, 3.05) is 13.1 Å². The second-order valence-electron chi connectivity index (χ2n) is 9.33. The van der Waals surface area contributed by atoms with Gasteiger partial charge in [0.25, 0.3) is 0 Å². The first-order valence-electron chi connectivity index (χ1n) is 10.5. The monoisotopic (exact) mass is 436 g/mol. The van der Waals surface area contributed by atoms with Gasteiger partial charge >= 0.3 is 6.09 Å². The predicted octanol–water partition coefficient (Wildman–Crippen LogP) is 4.76. The molecule has 1 aromatic carbocycles. The van der Waals surface area contributed by atoms with Crippen LogP contribution in [-0.4, -0.2) is 45.7 Å². The number of fused-ring (bicyclic) bond motifs is 3. The van der Waals surface area contributed by atoms with Crippen molar-refractivity contribution in [3.8, 4) is 11.1 Å². The third-order valence-corrected chi connectivity index (χ3v) is 6.24. The number of piperazine rings is 1. The number of pyridine rings is 2. The van der Waals surface area contributed by atoms with Gasteiger partial charge in [-0.3, -0.25) is 14.9 Å². The fourth-order valence-corrected chi connectivity index (χ4v) is 4.96. The molecule has 2 unspecified atom stereocenters. The number of carbonyl (C=O) groups is 1. The Kier molecular flexibility index (Phi) is 4.68. The highest BCUT2D eigenvalue weighted by molar-refractivity contribution is 6.31. The molecule has 7 heteroatoms. The van der Waals surface area contributed by atoms with E-state index in [4.69, 9.17) is 21.3 Å². The molecule has 3 aliphatic heterocycles. The number of nitrogens with zero attached hydrogens (tertiary/aromatic N) is 3. The van der Waals surface area contributed by atoms with Crippen molar-refractivity contribution in [1.29, 1.82) is 0 Å². The van der Waals surface area contributed by atoms with Crippen LogP contribution in [-0.2, 0) is 10.3 Å². The highest BCUT2D eigenvalue weighted by Gasteiger charge is 2.59. The normalized spacial score (nSPS) is 22.8. The minimum Gasteiger partial charge on any atom is -0.444 e. The van der Waals surface area contributed by atoms with Gasteiger partial charge in [-0.25, -0.2) is 4.79 Å². The van der Waals surface area contributed by atoms with Crippen molar-refractivity contribution >= 4 is 28.6 Å². The third kappa shape index (κ3) is 3.44. The van der Waals surface area contributed by atoms with Crippen molar-refractivity contribution in [1.82, 2.24) is 20.2 Å². The minimum absolute atomic E-state index is 0.132. The average Bonchev–Trinajstić information content (AvgIpc) is 2.72. The fraction of sp³-hybridized carbons (Fsp3) is 0.375. The molecule has 0 radical (unpaired) electrons. The van der Waals surface area contributed by atoms with Crippen LogP contribution < -0.4 is 5.32 Å². The zero-order valence-electron chi connectivity index (χ0n) is 17.9. The number of piperidine rings is 1. The molecular weight excluding hydrogens is 412 g/mol. The highest BCUT2D eigenvalue weighted by atomic mass is 35.5. The van der Waals surface area contributed by atoms with E-state index in [9.17, 15) is 4.79 Å². The number of amides is 1. The van der Waals surface area contributed by atoms with Gasteiger partial charge in [0.1, 0.15) is 11.1 Å². The van der Waals surface area contributed by atoms with Crippen LogP contribution in [0.2, 0.25) is 5.02 Å². The number of rotatable bonds is 2. The Hall–Kier alpha value is -2.70. The van der Waals surface area contributed by atoms with Crippen LogP contribution in [0, 0.1) is 0 Å². The zero-order chi connectivity index (χ0) is 21.8. The molecule has 3 saturated heterocycles. The van der Waals surface area contributed by atoms with Crippen LogP contribution in [0.1, 0.15) is 32.9 Å². The summed E-state index contributed by atoms with van der Waals surface area (Å²) in [5.74, 6) is 0. The van der Waals surface area contributed by atoms with E-state index in [-0.39, 0.29) is 12.1 Å². The number of halogens is 1. The highest BCUT2D eigenvalue weighted by Crippen LogP contribution is 2.47. The maximum Gasteiger partial charge on any atom is 0.411 e. The van der Waals surface area contributed by atoms with Crippen LogP contribution in [0.4, 0.5) is 4.79 Å². The van der Waals surface area contributed by atoms with Crippen molar-refractivity contribution in [2.45, 2.75) is 44.4 Å². The minimum atomic E-state index is -0.533. The maximum atomic E-state index is 12.9. The Morgan fingerprint density at radius 2 is 2.10 bits per heavy atom. The van der Waals surface area contributed by atoms with Gasteiger partial charge in [0.15, 0.2) is 0 Å². The first-order chi connectivity index (χ1) is 14.8. The molecule has 1 N–H and O–H groups in total. The van der Waals surface area contributed by atoms with Crippen molar-refractivity contribution in [3.63, 3.8) is 0 Å². The van der Waals surface area contributed by atoms with E-state index in [1.54, 1.807) is 6.20 Å². The Morgan fingerprint density at radius 3 is 2.81 bits per heavy atom. The van der Waals surface area contributed by atoms with E-state index in [2.05, 4.69) is 10.3 Å². The van der Waals surface area contributed by atoms with Gasteiger partial charge in [-0.1, -0.05) is 23.7 Å². The summed E-state index contributed by atoms with van der Waals surface area (Å²) < 4.78 is 5.69. The van der Waals surface area contributed by atoms with E-state index >= 15 is 0 Å². The maximum absolute atomic E-state index is 12.9. The molecule has 0 saturated carbocycles. The summed E-state index contributed by atoms with van der Waals surface area (Å²) in [6.07, 6.45) is 4.23. The van der Waals surface area contributed by atoms with Gasteiger partial charge in [-0.2, -0.15) is 0 Å². The van der Waals surface area contributed by atoms with Crippen LogP contribution in [0.5, 0.6) is 0 Å². The molecular formula is C24H25ClN4O2. The molecule has 3 aliphatic rings. The number of aromatic nitrogens is 2. The third-order valence-electron chi connectivity index (χ3n) is 6.02. The van der Waals surface area contributed by atoms with Gasteiger partial charge < -0.3 is 10.1 Å².